The number of azo groups is 1. The van der Waals surface area contributed by atoms with Crippen molar-refractivity contribution in [3.63, 3.8) is 0 Å². The molecule has 29 heavy (non-hydrogen) atoms. The molecule has 3 rings (SSSR count). The highest BCUT2D eigenvalue weighted by molar-refractivity contribution is 6.06. The Kier molecular flexibility index (Phi) is 5.41. The van der Waals surface area contributed by atoms with Gasteiger partial charge >= 0.3 is 6.03 Å². The molecule has 0 spiro atoms. The molecule has 0 aliphatic carbocycles. The van der Waals surface area contributed by atoms with Gasteiger partial charge < -0.3 is 15.0 Å². The molecule has 0 radical (unpaired) electrons. The van der Waals surface area contributed by atoms with Gasteiger partial charge in [0.25, 0.3) is 11.8 Å². The Morgan fingerprint density at radius 2 is 1.93 bits per heavy atom. The van der Waals surface area contributed by atoms with E-state index in [0.29, 0.717) is 17.8 Å². The minimum absolute atomic E-state index is 0.0488. The summed E-state index contributed by atoms with van der Waals surface area (Å²) in [7, 11) is 0. The molecule has 0 bridgehead atoms. The molecule has 1 aromatic carbocycles. The van der Waals surface area contributed by atoms with Gasteiger partial charge in [-0.2, -0.15) is 0 Å². The van der Waals surface area contributed by atoms with E-state index in [9.17, 15) is 19.5 Å². The van der Waals surface area contributed by atoms with Gasteiger partial charge in [-0.3, -0.25) is 14.5 Å². The van der Waals surface area contributed by atoms with E-state index in [4.69, 9.17) is 0 Å². The van der Waals surface area contributed by atoms with Crippen molar-refractivity contribution in [1.29, 1.82) is 0 Å². The number of urea groups is 1. The lowest BCUT2D eigenvalue weighted by Crippen LogP contribution is -2.40. The second-order valence-electron chi connectivity index (χ2n) is 8.05. The molecule has 1 aliphatic rings. The fourth-order valence-electron chi connectivity index (χ4n) is 3.30. The van der Waals surface area contributed by atoms with Crippen molar-refractivity contribution in [1.82, 2.24) is 14.8 Å². The van der Waals surface area contributed by atoms with E-state index in [0.717, 1.165) is 10.4 Å². The van der Waals surface area contributed by atoms with Crippen LogP contribution in [0.5, 0.6) is 5.88 Å². The van der Waals surface area contributed by atoms with E-state index < -0.39 is 17.5 Å². The first-order valence-electron chi connectivity index (χ1n) is 9.50. The lowest BCUT2D eigenvalue weighted by atomic mass is 10.1. The summed E-state index contributed by atoms with van der Waals surface area (Å²) >= 11 is 0. The molecule has 0 unspecified atom stereocenters. The number of fused-ring (bicyclic) bond motifs is 1. The average molecular weight is 399 g/mol. The largest absolute Gasteiger partial charge is 0.493 e. The zero-order valence-corrected chi connectivity index (χ0v) is 17.0. The van der Waals surface area contributed by atoms with Gasteiger partial charge in [-0.05, 0) is 25.8 Å². The highest BCUT2D eigenvalue weighted by atomic mass is 16.3. The first-order valence-corrected chi connectivity index (χ1v) is 9.50. The molecule has 9 nitrogen and oxygen atoms in total. The highest BCUT2D eigenvalue weighted by Crippen LogP contribution is 2.39. The molecule has 9 heteroatoms. The number of carbonyl (C=O) groups is 3. The first-order chi connectivity index (χ1) is 13.6. The summed E-state index contributed by atoms with van der Waals surface area (Å²) in [6.45, 7) is 7.80. The highest BCUT2D eigenvalue weighted by Gasteiger charge is 2.44. The van der Waals surface area contributed by atoms with Gasteiger partial charge in [0.15, 0.2) is 5.69 Å². The molecule has 1 aliphatic heterocycles. The smallest absolute Gasteiger partial charge is 0.325 e. The number of aromatic nitrogens is 1. The van der Waals surface area contributed by atoms with E-state index in [1.165, 1.54) is 0 Å². The zero-order valence-electron chi connectivity index (χ0n) is 17.0. The summed E-state index contributed by atoms with van der Waals surface area (Å²) < 4.78 is 1.74. The Bertz CT molecular complexity index is 1010. The second-order valence-corrected chi connectivity index (χ2v) is 8.05. The quantitative estimate of drug-likeness (QED) is 0.572. The van der Waals surface area contributed by atoms with Gasteiger partial charge in [-0.25, -0.2) is 4.79 Å². The third-order valence-corrected chi connectivity index (χ3v) is 4.72. The molecule has 0 atom stereocenters. The second kappa shape index (κ2) is 7.65. The Labute approximate surface area is 168 Å². The lowest BCUT2D eigenvalue weighted by Gasteiger charge is -2.14. The Balaban J connectivity index is 1.76. The molecule has 2 N–H and O–H groups in total. The van der Waals surface area contributed by atoms with Crippen molar-refractivity contribution in [3.05, 3.63) is 24.3 Å². The van der Waals surface area contributed by atoms with Crippen molar-refractivity contribution in [3.8, 4) is 5.88 Å². The van der Waals surface area contributed by atoms with E-state index in [-0.39, 0.29) is 30.4 Å². The van der Waals surface area contributed by atoms with Crippen LogP contribution in [0.15, 0.2) is 34.5 Å². The van der Waals surface area contributed by atoms with E-state index in [1.54, 1.807) is 24.5 Å². The summed E-state index contributed by atoms with van der Waals surface area (Å²) in [6.07, 6.45) is -0.149. The minimum atomic E-state index is -0.980. The van der Waals surface area contributed by atoms with Gasteiger partial charge in [-0.15, -0.1) is 10.2 Å². The lowest BCUT2D eigenvalue weighted by molar-refractivity contribution is -0.130. The Hall–Kier alpha value is -3.23. The van der Waals surface area contributed by atoms with Crippen LogP contribution in [0.4, 0.5) is 10.5 Å². The van der Waals surface area contributed by atoms with Gasteiger partial charge in [0, 0.05) is 24.9 Å². The van der Waals surface area contributed by atoms with Crippen LogP contribution in [0.1, 0.15) is 34.1 Å². The van der Waals surface area contributed by atoms with Gasteiger partial charge in [-0.1, -0.05) is 32.0 Å². The molecule has 2 aromatic rings. The third kappa shape index (κ3) is 3.98. The maximum atomic E-state index is 12.2. The number of carbonyl (C=O) groups excluding carboxylic acids is 3. The van der Waals surface area contributed by atoms with Crippen LogP contribution in [0.2, 0.25) is 0 Å². The number of hydrogen-bond donors (Lipinski definition) is 2. The number of aromatic hydroxyl groups is 1. The Morgan fingerprint density at radius 1 is 1.24 bits per heavy atom. The number of hydrogen-bond acceptors (Lipinski definition) is 5. The molecule has 2 heterocycles. The number of amides is 4. The summed E-state index contributed by atoms with van der Waals surface area (Å²) in [4.78, 5) is 37.2. The van der Waals surface area contributed by atoms with Crippen molar-refractivity contribution in [2.24, 2.45) is 16.1 Å². The van der Waals surface area contributed by atoms with Crippen molar-refractivity contribution in [2.75, 3.05) is 6.54 Å². The summed E-state index contributed by atoms with van der Waals surface area (Å²) in [5, 5.41) is 21.5. The predicted molar refractivity (Wildman–Crippen MR) is 107 cm³/mol. The maximum absolute atomic E-state index is 12.2. The van der Waals surface area contributed by atoms with Crippen molar-refractivity contribution < 1.29 is 19.5 Å². The SMILES string of the molecule is CC(C)Cn1c(O)c(N=NC(=O)CCN2C(=O)NC(C)(C)C2=O)c2ccccc21. The maximum Gasteiger partial charge on any atom is 0.325 e. The van der Waals surface area contributed by atoms with Crippen LogP contribution >= 0.6 is 0 Å². The number of imide groups is 1. The van der Waals surface area contributed by atoms with Gasteiger partial charge in [0.1, 0.15) is 5.54 Å². The third-order valence-electron chi connectivity index (χ3n) is 4.72. The number of rotatable bonds is 6. The van der Waals surface area contributed by atoms with Crippen LogP contribution in [0.3, 0.4) is 0 Å². The van der Waals surface area contributed by atoms with Gasteiger partial charge in [0.2, 0.25) is 5.88 Å². The topological polar surface area (TPSA) is 116 Å². The van der Waals surface area contributed by atoms with Crippen LogP contribution < -0.4 is 5.32 Å². The van der Waals surface area contributed by atoms with Crippen molar-refractivity contribution >= 4 is 34.4 Å². The molecule has 1 saturated heterocycles. The van der Waals surface area contributed by atoms with E-state index >= 15 is 0 Å². The number of para-hydroxylation sites is 1. The molecular weight excluding hydrogens is 374 g/mol. The fourth-order valence-corrected chi connectivity index (χ4v) is 3.30. The molecular formula is C20H25N5O4. The molecule has 1 aromatic heterocycles. The summed E-state index contributed by atoms with van der Waals surface area (Å²) in [5.74, 6) is -0.721. The van der Waals surface area contributed by atoms with E-state index in [2.05, 4.69) is 15.5 Å². The standard InChI is InChI=1S/C20H25N5O4/c1-12(2)11-25-14-8-6-5-7-13(14)16(17(25)27)23-22-15(26)9-10-24-18(28)20(3,4)21-19(24)29/h5-8,12,27H,9-11H2,1-4H3,(H,21,29). The number of nitrogens with one attached hydrogen (secondary N) is 1. The monoisotopic (exact) mass is 399 g/mol. The average Bonchev–Trinajstić information content (AvgIpc) is 3.01. The van der Waals surface area contributed by atoms with Crippen LogP contribution in [0, 0.1) is 5.92 Å². The molecule has 1 fully saturated rings. The number of benzene rings is 1. The minimum Gasteiger partial charge on any atom is -0.493 e. The normalized spacial score (nSPS) is 16.4. The molecule has 154 valence electrons. The number of nitrogens with zero attached hydrogens (tertiary/aromatic N) is 4. The van der Waals surface area contributed by atoms with E-state index in [1.807, 2.05) is 32.0 Å². The molecule has 4 amide bonds. The Morgan fingerprint density at radius 3 is 2.55 bits per heavy atom. The predicted octanol–water partition coefficient (Wildman–Crippen LogP) is 3.33. The first kappa shape index (κ1) is 20.5. The van der Waals surface area contributed by atoms with Crippen LogP contribution in [0.25, 0.3) is 10.9 Å². The van der Waals surface area contributed by atoms with Crippen molar-refractivity contribution in [2.45, 2.75) is 46.2 Å². The molecule has 0 saturated carbocycles. The summed E-state index contributed by atoms with van der Waals surface area (Å²) in [6, 6.07) is 6.84. The van der Waals surface area contributed by atoms with Gasteiger partial charge in [0.05, 0.1) is 5.52 Å². The fraction of sp³-hybridized carbons (Fsp3) is 0.450. The van der Waals surface area contributed by atoms with Crippen LogP contribution in [-0.4, -0.2) is 44.5 Å². The zero-order chi connectivity index (χ0) is 21.3. The van der Waals surface area contributed by atoms with Crippen LogP contribution in [-0.2, 0) is 16.1 Å². The summed E-state index contributed by atoms with van der Waals surface area (Å²) in [5.41, 5.74) is 0.0541.